The number of anilines is 1. The van der Waals surface area contributed by atoms with Crippen molar-refractivity contribution < 1.29 is 32.4 Å². The average molecular weight is 323 g/mol. The fraction of sp³-hybridized carbons (Fsp3) is 0.583. The summed E-state index contributed by atoms with van der Waals surface area (Å²) in [5.41, 5.74) is 0. The molecule has 0 aromatic carbocycles. The van der Waals surface area contributed by atoms with Crippen LogP contribution in [-0.2, 0) is 9.59 Å². The number of carboxylic acid groups (broad SMARTS) is 1. The Hall–Kier alpha value is -2.10. The molecule has 22 heavy (non-hydrogen) atoms. The first kappa shape index (κ1) is 18.0. The van der Waals surface area contributed by atoms with Crippen LogP contribution in [0.2, 0.25) is 0 Å². The Balaban J connectivity index is 0.000000295. The second-order valence-electron chi connectivity index (χ2n) is 4.64. The van der Waals surface area contributed by atoms with E-state index in [0.29, 0.717) is 11.6 Å². The van der Waals surface area contributed by atoms with Crippen LogP contribution in [0.4, 0.5) is 19.0 Å². The van der Waals surface area contributed by atoms with Crippen LogP contribution in [-0.4, -0.2) is 41.4 Å². The Morgan fingerprint density at radius 1 is 1.41 bits per heavy atom. The molecule has 1 amide bonds. The molecule has 2 heterocycles. The van der Waals surface area contributed by atoms with Gasteiger partial charge in [0.15, 0.2) is 5.82 Å². The number of carboxylic acids is 1. The van der Waals surface area contributed by atoms with Crippen LogP contribution in [0.3, 0.4) is 0 Å². The summed E-state index contributed by atoms with van der Waals surface area (Å²) in [7, 11) is 0. The lowest BCUT2D eigenvalue weighted by Gasteiger charge is -2.20. The average Bonchev–Trinajstić information content (AvgIpc) is 2.84. The van der Waals surface area contributed by atoms with Gasteiger partial charge in [-0.1, -0.05) is 5.16 Å². The van der Waals surface area contributed by atoms with Crippen LogP contribution in [0.1, 0.15) is 18.6 Å². The molecule has 1 aromatic rings. The molecule has 0 atom stereocenters. The third-order valence-corrected chi connectivity index (χ3v) is 2.83. The molecule has 0 spiro atoms. The maximum absolute atomic E-state index is 11.8. The number of nitrogens with one attached hydrogen (secondary N) is 2. The van der Waals surface area contributed by atoms with Crippen molar-refractivity contribution in [2.75, 3.05) is 18.4 Å². The second-order valence-corrected chi connectivity index (χ2v) is 4.64. The molecule has 10 heteroatoms. The van der Waals surface area contributed by atoms with Gasteiger partial charge in [-0.2, -0.15) is 13.2 Å². The molecule has 1 aliphatic heterocycles. The van der Waals surface area contributed by atoms with Crippen LogP contribution >= 0.6 is 0 Å². The van der Waals surface area contributed by atoms with E-state index in [1.165, 1.54) is 0 Å². The predicted octanol–water partition coefficient (Wildman–Crippen LogP) is 1.55. The molecular formula is C12H16F3N3O4. The van der Waals surface area contributed by atoms with Crippen molar-refractivity contribution in [2.24, 2.45) is 5.92 Å². The molecule has 1 aliphatic rings. The number of hydrogen-bond donors (Lipinski definition) is 3. The van der Waals surface area contributed by atoms with Gasteiger partial charge in [0.2, 0.25) is 5.91 Å². The third kappa shape index (κ3) is 6.12. The van der Waals surface area contributed by atoms with Gasteiger partial charge in [0.05, 0.1) is 0 Å². The predicted molar refractivity (Wildman–Crippen MR) is 69.2 cm³/mol. The van der Waals surface area contributed by atoms with Crippen molar-refractivity contribution in [3.05, 3.63) is 11.8 Å². The molecule has 0 unspecified atom stereocenters. The monoisotopic (exact) mass is 323 g/mol. The van der Waals surface area contributed by atoms with E-state index in [2.05, 4.69) is 15.8 Å². The topological polar surface area (TPSA) is 104 Å². The van der Waals surface area contributed by atoms with Gasteiger partial charge < -0.3 is 20.3 Å². The number of carbonyl (C=O) groups is 2. The van der Waals surface area contributed by atoms with Crippen molar-refractivity contribution >= 4 is 17.7 Å². The summed E-state index contributed by atoms with van der Waals surface area (Å²) in [6.45, 7) is 3.62. The number of hydrogen-bond acceptors (Lipinski definition) is 5. The highest BCUT2D eigenvalue weighted by Gasteiger charge is 2.38. The number of carbonyl (C=O) groups excluding carboxylic acids is 1. The van der Waals surface area contributed by atoms with Crippen molar-refractivity contribution in [1.29, 1.82) is 0 Å². The zero-order chi connectivity index (χ0) is 16.8. The number of aromatic nitrogens is 1. The highest BCUT2D eigenvalue weighted by atomic mass is 19.4. The van der Waals surface area contributed by atoms with Gasteiger partial charge in [0.25, 0.3) is 0 Å². The maximum Gasteiger partial charge on any atom is 0.490 e. The number of halogens is 3. The van der Waals surface area contributed by atoms with Crippen molar-refractivity contribution in [1.82, 2.24) is 10.5 Å². The number of alkyl halides is 3. The van der Waals surface area contributed by atoms with Crippen molar-refractivity contribution in [2.45, 2.75) is 25.9 Å². The van der Waals surface area contributed by atoms with E-state index in [4.69, 9.17) is 14.4 Å². The Morgan fingerprint density at radius 3 is 2.36 bits per heavy atom. The fourth-order valence-electron chi connectivity index (χ4n) is 1.74. The summed E-state index contributed by atoms with van der Waals surface area (Å²) in [5.74, 6) is -1.40. The van der Waals surface area contributed by atoms with Crippen LogP contribution < -0.4 is 10.6 Å². The molecule has 1 aromatic heterocycles. The molecule has 1 fully saturated rings. The molecule has 3 N–H and O–H groups in total. The van der Waals surface area contributed by atoms with Gasteiger partial charge in [-0.15, -0.1) is 0 Å². The zero-order valence-corrected chi connectivity index (χ0v) is 11.7. The molecule has 0 bridgehead atoms. The van der Waals surface area contributed by atoms with Gasteiger partial charge in [-0.25, -0.2) is 4.79 Å². The summed E-state index contributed by atoms with van der Waals surface area (Å²) < 4.78 is 36.6. The number of aliphatic carboxylic acids is 1. The highest BCUT2D eigenvalue weighted by molar-refractivity contribution is 5.91. The van der Waals surface area contributed by atoms with Crippen LogP contribution in [0.5, 0.6) is 0 Å². The number of amides is 1. The quantitative estimate of drug-likeness (QED) is 0.763. The smallest absolute Gasteiger partial charge is 0.475 e. The minimum Gasteiger partial charge on any atom is -0.475 e. The van der Waals surface area contributed by atoms with Crippen LogP contribution in [0.25, 0.3) is 0 Å². The first-order valence-corrected chi connectivity index (χ1v) is 6.45. The van der Waals surface area contributed by atoms with Gasteiger partial charge >= 0.3 is 12.1 Å². The molecule has 7 nitrogen and oxygen atoms in total. The number of aryl methyl sites for hydroxylation is 1. The maximum atomic E-state index is 11.8. The van der Waals surface area contributed by atoms with E-state index in [9.17, 15) is 18.0 Å². The molecule has 0 saturated carbocycles. The molecule has 0 radical (unpaired) electrons. The number of rotatable bonds is 2. The lowest BCUT2D eigenvalue weighted by molar-refractivity contribution is -0.192. The number of nitrogens with zero attached hydrogens (tertiary/aromatic N) is 1. The second kappa shape index (κ2) is 7.78. The normalized spacial score (nSPS) is 15.6. The minimum atomic E-state index is -5.08. The molecule has 124 valence electrons. The first-order valence-electron chi connectivity index (χ1n) is 6.45. The van der Waals surface area contributed by atoms with E-state index < -0.39 is 12.1 Å². The molecule has 0 aliphatic carbocycles. The summed E-state index contributed by atoms with van der Waals surface area (Å²) in [5, 5.41) is 16.8. The fourth-order valence-corrected chi connectivity index (χ4v) is 1.74. The largest absolute Gasteiger partial charge is 0.490 e. The molecular weight excluding hydrogens is 307 g/mol. The summed E-state index contributed by atoms with van der Waals surface area (Å²) in [6, 6.07) is 1.72. The van der Waals surface area contributed by atoms with E-state index >= 15 is 0 Å². The first-order chi connectivity index (χ1) is 10.2. The Kier molecular flexibility index (Phi) is 6.35. The zero-order valence-electron chi connectivity index (χ0n) is 11.7. The van der Waals surface area contributed by atoms with E-state index in [-0.39, 0.29) is 11.8 Å². The van der Waals surface area contributed by atoms with Gasteiger partial charge in [-0.05, 0) is 32.9 Å². The Morgan fingerprint density at radius 2 is 1.95 bits per heavy atom. The van der Waals surface area contributed by atoms with Gasteiger partial charge in [0, 0.05) is 12.0 Å². The van der Waals surface area contributed by atoms with Crippen molar-refractivity contribution in [3.8, 4) is 0 Å². The van der Waals surface area contributed by atoms with E-state index in [1.807, 2.05) is 0 Å². The van der Waals surface area contributed by atoms with Crippen LogP contribution in [0.15, 0.2) is 10.6 Å². The molecule has 1 saturated heterocycles. The van der Waals surface area contributed by atoms with E-state index in [0.717, 1.165) is 25.9 Å². The standard InChI is InChI=1S/C10H15N3O2.C2HF3O2/c1-7-6-9(13-15-7)12-10(14)8-2-4-11-5-3-8;3-2(4,5)1(6)7/h6,8,11H,2-5H2,1H3,(H,12,13,14);(H,6,7). The summed E-state index contributed by atoms with van der Waals surface area (Å²) in [6.07, 6.45) is -3.30. The number of piperidine rings is 1. The van der Waals surface area contributed by atoms with Crippen LogP contribution in [0, 0.1) is 12.8 Å². The third-order valence-electron chi connectivity index (χ3n) is 2.83. The van der Waals surface area contributed by atoms with Gasteiger partial charge in [0.1, 0.15) is 5.76 Å². The van der Waals surface area contributed by atoms with Crippen molar-refractivity contribution in [3.63, 3.8) is 0 Å². The summed E-state index contributed by atoms with van der Waals surface area (Å²) >= 11 is 0. The Bertz CT molecular complexity index is 510. The van der Waals surface area contributed by atoms with Gasteiger partial charge in [-0.3, -0.25) is 4.79 Å². The van der Waals surface area contributed by atoms with E-state index in [1.54, 1.807) is 13.0 Å². The molecule has 2 rings (SSSR count). The lowest BCUT2D eigenvalue weighted by atomic mass is 9.97. The minimum absolute atomic E-state index is 0.0461. The summed E-state index contributed by atoms with van der Waals surface area (Å²) in [4.78, 5) is 20.7. The Labute approximate surface area is 123 Å². The lowest BCUT2D eigenvalue weighted by Crippen LogP contribution is -2.34. The SMILES string of the molecule is Cc1cc(NC(=O)C2CCNCC2)no1.O=C(O)C(F)(F)F. The highest BCUT2D eigenvalue weighted by Crippen LogP contribution is 2.15.